The van der Waals surface area contributed by atoms with Gasteiger partial charge in [-0.05, 0) is 52.6 Å². The molecule has 0 saturated carbocycles. The van der Waals surface area contributed by atoms with Gasteiger partial charge in [0.1, 0.15) is 6.04 Å². The summed E-state index contributed by atoms with van der Waals surface area (Å²) in [6.07, 6.45) is -1.46. The second-order valence-corrected chi connectivity index (χ2v) is 13.1. The summed E-state index contributed by atoms with van der Waals surface area (Å²) in [5.74, 6) is -0.673. The van der Waals surface area contributed by atoms with Crippen LogP contribution in [0.1, 0.15) is 34.7 Å². The average molecular weight is 727 g/mol. The van der Waals surface area contributed by atoms with Crippen LogP contribution in [0.5, 0.6) is 0 Å². The van der Waals surface area contributed by atoms with Crippen LogP contribution in [0.3, 0.4) is 0 Å². The van der Waals surface area contributed by atoms with E-state index < -0.39 is 23.7 Å². The molecule has 1 aliphatic heterocycles. The van der Waals surface area contributed by atoms with Gasteiger partial charge in [0, 0.05) is 71.4 Å². The Balaban J connectivity index is 1.38. The number of alkyl halides is 3. The van der Waals surface area contributed by atoms with Gasteiger partial charge < -0.3 is 24.3 Å². The van der Waals surface area contributed by atoms with E-state index in [9.17, 15) is 27.6 Å². The van der Waals surface area contributed by atoms with Crippen LogP contribution in [-0.2, 0) is 44.9 Å². The highest BCUT2D eigenvalue weighted by Crippen LogP contribution is 2.29. The third-order valence-electron chi connectivity index (χ3n) is 9.31. The topological polar surface area (TPSA) is 73.4 Å². The number of hydrogen-bond acceptors (Lipinski definition) is 5. The van der Waals surface area contributed by atoms with E-state index in [4.69, 9.17) is 4.74 Å². The van der Waals surface area contributed by atoms with Crippen molar-refractivity contribution in [1.82, 2.24) is 14.7 Å². The zero-order valence-electron chi connectivity index (χ0n) is 30.0. The minimum Gasteiger partial charge on any atom is -0.375 e. The number of carbonyl (C=O) groups excluding carboxylic acids is 3. The van der Waals surface area contributed by atoms with Gasteiger partial charge in [0.15, 0.2) is 0 Å². The van der Waals surface area contributed by atoms with Gasteiger partial charge in [-0.15, -0.1) is 0 Å². The second kappa shape index (κ2) is 18.4. The maximum Gasteiger partial charge on any atom is 0.416 e. The van der Waals surface area contributed by atoms with E-state index in [-0.39, 0.29) is 24.8 Å². The van der Waals surface area contributed by atoms with Crippen LogP contribution in [-0.4, -0.2) is 84.8 Å². The summed E-state index contributed by atoms with van der Waals surface area (Å²) in [5, 5.41) is 0. The van der Waals surface area contributed by atoms with Gasteiger partial charge in [-0.2, -0.15) is 13.2 Å². The Labute approximate surface area is 309 Å². The SMILES string of the molecule is CC(=O)N1CCN(c2ccc(CN(C(=O)C=Cc3ccc(C(F)(F)F)cc3)C(Cc3ccccc3)C(=O)N(C)CCOCc3ccccc3)cc2)CC1. The molecule has 1 aliphatic rings. The number of nitrogens with zero attached hydrogens (tertiary/aromatic N) is 4. The molecule has 4 aromatic rings. The Bertz CT molecular complexity index is 1810. The van der Waals surface area contributed by atoms with Crippen LogP contribution in [0.15, 0.2) is 115 Å². The highest BCUT2D eigenvalue weighted by molar-refractivity contribution is 5.95. The molecule has 0 spiro atoms. The molecular formula is C42H45F3N4O4. The molecule has 1 heterocycles. The summed E-state index contributed by atoms with van der Waals surface area (Å²) in [7, 11) is 1.69. The van der Waals surface area contributed by atoms with Crippen LogP contribution in [0.25, 0.3) is 6.08 Å². The van der Waals surface area contributed by atoms with E-state index in [0.717, 1.165) is 34.5 Å². The molecule has 53 heavy (non-hydrogen) atoms. The number of ether oxygens (including phenoxy) is 1. The van der Waals surface area contributed by atoms with Crippen LogP contribution < -0.4 is 4.90 Å². The fraction of sp³-hybridized carbons (Fsp3) is 0.310. The highest BCUT2D eigenvalue weighted by Gasteiger charge is 2.32. The quantitative estimate of drug-likeness (QED) is 0.107. The molecule has 3 amide bonds. The second-order valence-electron chi connectivity index (χ2n) is 13.1. The van der Waals surface area contributed by atoms with Crippen molar-refractivity contribution < 1.29 is 32.3 Å². The standard InChI is InChI=1S/C42H45F3N4O4/c1-32(50)47-23-25-48(26-24-47)38-20-15-35(16-21-38)30-49(40(51)22-17-33-13-18-37(19-14-33)42(43,44)45)39(29-34-9-5-3-6-10-34)41(52)46(2)27-28-53-31-36-11-7-4-8-12-36/h3-22,39H,23-31H2,1-2H3. The van der Waals surface area contributed by atoms with Crippen molar-refractivity contribution in [2.24, 2.45) is 0 Å². The molecular weight excluding hydrogens is 681 g/mol. The molecule has 11 heteroatoms. The van der Waals surface area contributed by atoms with E-state index in [1.807, 2.05) is 89.8 Å². The van der Waals surface area contributed by atoms with Crippen molar-refractivity contribution in [2.45, 2.75) is 38.7 Å². The number of piperazine rings is 1. The Morgan fingerprint density at radius 3 is 1.98 bits per heavy atom. The van der Waals surface area contributed by atoms with Gasteiger partial charge in [-0.3, -0.25) is 14.4 Å². The van der Waals surface area contributed by atoms with E-state index in [1.54, 1.807) is 18.9 Å². The van der Waals surface area contributed by atoms with E-state index in [2.05, 4.69) is 4.90 Å². The number of hydrogen-bond donors (Lipinski definition) is 0. The summed E-state index contributed by atoms with van der Waals surface area (Å²) in [5.41, 5.74) is 3.31. The number of rotatable bonds is 14. The number of amides is 3. The maximum atomic E-state index is 14.3. The molecule has 5 rings (SSSR count). The summed E-state index contributed by atoms with van der Waals surface area (Å²) in [6.45, 7) is 5.35. The molecule has 0 aliphatic carbocycles. The van der Waals surface area contributed by atoms with Crippen molar-refractivity contribution in [3.63, 3.8) is 0 Å². The first kappa shape index (κ1) is 38.8. The van der Waals surface area contributed by atoms with Gasteiger partial charge in [0.05, 0.1) is 18.8 Å². The Morgan fingerprint density at radius 1 is 0.792 bits per heavy atom. The number of likely N-dealkylation sites (N-methyl/N-ethyl adjacent to an activating group) is 1. The molecule has 8 nitrogen and oxygen atoms in total. The zero-order valence-corrected chi connectivity index (χ0v) is 30.0. The fourth-order valence-electron chi connectivity index (χ4n) is 6.18. The molecule has 1 atom stereocenters. The average Bonchev–Trinajstić information content (AvgIpc) is 3.17. The normalized spacial score (nSPS) is 13.9. The Hall–Kier alpha value is -5.42. The van der Waals surface area contributed by atoms with Crippen molar-refractivity contribution in [2.75, 3.05) is 51.3 Å². The lowest BCUT2D eigenvalue weighted by Crippen LogP contribution is -2.51. The van der Waals surface area contributed by atoms with Gasteiger partial charge in [0.2, 0.25) is 17.7 Å². The Morgan fingerprint density at radius 2 is 1.40 bits per heavy atom. The van der Waals surface area contributed by atoms with E-state index in [0.29, 0.717) is 51.5 Å². The Kier molecular flexibility index (Phi) is 13.4. The first-order chi connectivity index (χ1) is 25.5. The van der Waals surface area contributed by atoms with Gasteiger partial charge in [-0.25, -0.2) is 0 Å². The maximum absolute atomic E-state index is 14.3. The molecule has 1 fully saturated rings. The molecule has 1 saturated heterocycles. The molecule has 0 radical (unpaired) electrons. The lowest BCUT2D eigenvalue weighted by atomic mass is 10.0. The summed E-state index contributed by atoms with van der Waals surface area (Å²) < 4.78 is 45.4. The molecule has 4 aromatic carbocycles. The highest BCUT2D eigenvalue weighted by atomic mass is 19.4. The third kappa shape index (κ3) is 11.3. The summed E-state index contributed by atoms with van der Waals surface area (Å²) in [4.78, 5) is 47.4. The molecule has 1 unspecified atom stereocenters. The van der Waals surface area contributed by atoms with Crippen LogP contribution in [0, 0.1) is 0 Å². The van der Waals surface area contributed by atoms with Crippen molar-refractivity contribution in [3.8, 4) is 0 Å². The van der Waals surface area contributed by atoms with E-state index >= 15 is 0 Å². The minimum atomic E-state index is -4.48. The minimum absolute atomic E-state index is 0.0575. The van der Waals surface area contributed by atoms with Crippen molar-refractivity contribution in [1.29, 1.82) is 0 Å². The molecule has 0 bridgehead atoms. The molecule has 0 N–H and O–H groups in total. The van der Waals surface area contributed by atoms with Crippen LogP contribution in [0.2, 0.25) is 0 Å². The molecule has 278 valence electrons. The zero-order chi connectivity index (χ0) is 37.8. The van der Waals surface area contributed by atoms with Gasteiger partial charge in [0.25, 0.3) is 0 Å². The largest absolute Gasteiger partial charge is 0.416 e. The van der Waals surface area contributed by atoms with Crippen molar-refractivity contribution in [3.05, 3.63) is 143 Å². The summed E-state index contributed by atoms with van der Waals surface area (Å²) in [6, 6.07) is 30.7. The number of benzene rings is 4. The fourth-order valence-corrected chi connectivity index (χ4v) is 6.18. The smallest absolute Gasteiger partial charge is 0.375 e. The van der Waals surface area contributed by atoms with Crippen LogP contribution >= 0.6 is 0 Å². The monoisotopic (exact) mass is 726 g/mol. The third-order valence-corrected chi connectivity index (χ3v) is 9.31. The first-order valence-corrected chi connectivity index (χ1v) is 17.6. The number of carbonyl (C=O) groups is 3. The van der Waals surface area contributed by atoms with Crippen molar-refractivity contribution >= 4 is 29.5 Å². The summed E-state index contributed by atoms with van der Waals surface area (Å²) >= 11 is 0. The lowest BCUT2D eigenvalue weighted by Gasteiger charge is -2.36. The van der Waals surface area contributed by atoms with Gasteiger partial charge >= 0.3 is 6.18 Å². The number of anilines is 1. The predicted octanol–water partition coefficient (Wildman–Crippen LogP) is 6.70. The first-order valence-electron chi connectivity index (χ1n) is 17.6. The van der Waals surface area contributed by atoms with Crippen LogP contribution in [0.4, 0.5) is 18.9 Å². The molecule has 0 aromatic heterocycles. The lowest BCUT2D eigenvalue weighted by molar-refractivity contribution is -0.143. The number of halogens is 3. The van der Waals surface area contributed by atoms with Gasteiger partial charge in [-0.1, -0.05) is 84.9 Å². The van der Waals surface area contributed by atoms with E-state index in [1.165, 1.54) is 29.2 Å². The predicted molar refractivity (Wildman–Crippen MR) is 200 cm³/mol.